The number of aryl methyl sites for hydroxylation is 1. The van der Waals surface area contributed by atoms with Crippen molar-refractivity contribution in [3.05, 3.63) is 293 Å². The highest BCUT2D eigenvalue weighted by Crippen LogP contribution is 2.66. The third-order valence-electron chi connectivity index (χ3n) is 15.7. The van der Waals surface area contributed by atoms with Crippen molar-refractivity contribution < 1.29 is 0 Å². The zero-order chi connectivity index (χ0) is 45.4. The van der Waals surface area contributed by atoms with Gasteiger partial charge in [-0.15, -0.1) is 0 Å². The van der Waals surface area contributed by atoms with Crippen LogP contribution in [0.4, 0.5) is 0 Å². The van der Waals surface area contributed by atoms with E-state index in [-0.39, 0.29) is 0 Å². The second-order valence-electron chi connectivity index (χ2n) is 19.1. The number of hydrogen-bond acceptors (Lipinski definition) is 1. The summed E-state index contributed by atoms with van der Waals surface area (Å²) < 4.78 is 4.91. The molecule has 69 heavy (non-hydrogen) atoms. The Morgan fingerprint density at radius 3 is 1.20 bits per heavy atom. The van der Waals surface area contributed by atoms with Crippen LogP contribution in [0.15, 0.2) is 243 Å². The van der Waals surface area contributed by atoms with Gasteiger partial charge < -0.3 is 9.13 Å². The zero-order valence-corrected chi connectivity index (χ0v) is 37.9. The van der Waals surface area contributed by atoms with Gasteiger partial charge in [-0.1, -0.05) is 176 Å². The molecule has 13 aromatic rings. The Morgan fingerprint density at radius 2 is 0.710 bits per heavy atom. The van der Waals surface area contributed by atoms with Gasteiger partial charge >= 0.3 is 0 Å². The van der Waals surface area contributed by atoms with Crippen LogP contribution in [-0.4, -0.2) is 14.1 Å². The second-order valence-corrected chi connectivity index (χ2v) is 19.1. The molecule has 0 amide bonds. The fourth-order valence-corrected chi connectivity index (χ4v) is 13.0. The maximum Gasteiger partial charge on any atom is 0.0712 e. The van der Waals surface area contributed by atoms with Crippen molar-refractivity contribution in [1.82, 2.24) is 14.1 Å². The van der Waals surface area contributed by atoms with Crippen molar-refractivity contribution in [3.8, 4) is 22.5 Å². The molecule has 322 valence electrons. The van der Waals surface area contributed by atoms with Crippen LogP contribution in [0.1, 0.15) is 50.2 Å². The summed E-state index contributed by atoms with van der Waals surface area (Å²) in [5, 5.41) is 6.17. The van der Waals surface area contributed by atoms with E-state index < -0.39 is 10.8 Å². The van der Waals surface area contributed by atoms with E-state index in [9.17, 15) is 0 Å². The van der Waals surface area contributed by atoms with Crippen molar-refractivity contribution in [2.45, 2.75) is 17.8 Å². The average molecular weight is 878 g/mol. The standard InChI is InChI=1S/C66H43N3/c1-42-32-33-43-34-35-45(39-60(43)67-42)44-36-37-58-59(38-44)66(47-17-15-19-49(41-47)69-63-30-12-4-22-52(63)53-23-5-13-31-64(53)69)56-26-8-6-24-54(56)65(58,55-25-7-9-27-57(55)66)46-16-14-18-48(40-46)68-61-28-10-2-20-50(61)51-21-3-11-29-62(51)68/h2-41H,1H3. The van der Waals surface area contributed by atoms with Crippen LogP contribution in [0, 0.1) is 6.92 Å². The van der Waals surface area contributed by atoms with Gasteiger partial charge in [-0.2, -0.15) is 0 Å². The highest BCUT2D eigenvalue weighted by atomic mass is 15.0. The lowest BCUT2D eigenvalue weighted by Crippen LogP contribution is -2.52. The highest BCUT2D eigenvalue weighted by Gasteiger charge is 2.60. The van der Waals surface area contributed by atoms with Crippen LogP contribution < -0.4 is 0 Å². The molecular weight excluding hydrogens is 835 g/mol. The first-order chi connectivity index (χ1) is 34.1. The molecule has 2 bridgehead atoms. The molecule has 0 fully saturated rings. The SMILES string of the molecule is Cc1ccc2ccc(-c3ccc4c(c3)C3(c5cccc(-n6c7ccccc7c7ccccc76)c5)c5ccccc5C4(c4cccc(-n5c6ccccc6c6ccccc65)c4)c4ccccc43)cc2n1. The Kier molecular flexibility index (Phi) is 7.84. The third kappa shape index (κ3) is 5.03. The molecule has 3 aliphatic carbocycles. The van der Waals surface area contributed by atoms with Gasteiger partial charge in [0.05, 0.1) is 38.4 Å². The number of benzene rings is 10. The minimum atomic E-state index is -0.662. The molecule has 3 aliphatic rings. The lowest BCUT2D eigenvalue weighted by atomic mass is 9.44. The van der Waals surface area contributed by atoms with Gasteiger partial charge in [0.1, 0.15) is 0 Å². The number of nitrogens with zero attached hydrogens (tertiary/aromatic N) is 3. The second kappa shape index (κ2) is 14.1. The largest absolute Gasteiger partial charge is 0.309 e. The van der Waals surface area contributed by atoms with Crippen LogP contribution in [0.3, 0.4) is 0 Å². The normalized spacial score (nSPS) is 16.9. The molecule has 3 heterocycles. The van der Waals surface area contributed by atoms with Crippen LogP contribution in [0.2, 0.25) is 0 Å². The van der Waals surface area contributed by atoms with E-state index >= 15 is 0 Å². The number of fused-ring (bicyclic) bond motifs is 7. The summed E-state index contributed by atoms with van der Waals surface area (Å²) in [6.07, 6.45) is 0. The van der Waals surface area contributed by atoms with Crippen molar-refractivity contribution in [3.63, 3.8) is 0 Å². The Morgan fingerprint density at radius 1 is 0.319 bits per heavy atom. The molecule has 0 N–H and O–H groups in total. The van der Waals surface area contributed by atoms with Crippen LogP contribution in [-0.2, 0) is 10.8 Å². The molecule has 3 heteroatoms. The molecule has 0 aliphatic heterocycles. The first kappa shape index (κ1) is 38.3. The Bertz CT molecular complexity index is 4140. The molecule has 3 nitrogen and oxygen atoms in total. The van der Waals surface area contributed by atoms with Crippen molar-refractivity contribution in [2.75, 3.05) is 0 Å². The molecule has 0 spiro atoms. The van der Waals surface area contributed by atoms with Gasteiger partial charge in [-0.3, -0.25) is 4.98 Å². The van der Waals surface area contributed by atoms with Crippen molar-refractivity contribution in [2.24, 2.45) is 0 Å². The van der Waals surface area contributed by atoms with E-state index in [0.29, 0.717) is 0 Å². The number of rotatable bonds is 5. The quantitative estimate of drug-likeness (QED) is 0.169. The van der Waals surface area contributed by atoms with Crippen LogP contribution in [0.25, 0.3) is 77.0 Å². The third-order valence-corrected chi connectivity index (χ3v) is 15.7. The van der Waals surface area contributed by atoms with Gasteiger partial charge in [0.25, 0.3) is 0 Å². The fourth-order valence-electron chi connectivity index (χ4n) is 13.0. The van der Waals surface area contributed by atoms with E-state index in [1.165, 1.54) is 93.7 Å². The number of para-hydroxylation sites is 4. The first-order valence-corrected chi connectivity index (χ1v) is 24.0. The van der Waals surface area contributed by atoms with Gasteiger partial charge in [-0.05, 0) is 129 Å². The van der Waals surface area contributed by atoms with Gasteiger partial charge in [0.15, 0.2) is 0 Å². The summed E-state index contributed by atoms with van der Waals surface area (Å²) in [5.74, 6) is 0. The zero-order valence-electron chi connectivity index (χ0n) is 37.9. The monoisotopic (exact) mass is 877 g/mol. The van der Waals surface area contributed by atoms with E-state index in [4.69, 9.17) is 4.98 Å². The number of pyridine rings is 1. The molecule has 0 atom stereocenters. The van der Waals surface area contributed by atoms with Crippen molar-refractivity contribution >= 4 is 54.5 Å². The minimum absolute atomic E-state index is 0.635. The van der Waals surface area contributed by atoms with E-state index in [1.54, 1.807) is 0 Å². The topological polar surface area (TPSA) is 22.8 Å². The van der Waals surface area contributed by atoms with E-state index in [1.807, 2.05) is 0 Å². The van der Waals surface area contributed by atoms with Gasteiger partial charge in [0.2, 0.25) is 0 Å². The summed E-state index contributed by atoms with van der Waals surface area (Å²) in [4.78, 5) is 5.00. The lowest BCUT2D eigenvalue weighted by Gasteiger charge is -2.57. The highest BCUT2D eigenvalue weighted by molar-refractivity contribution is 6.10. The number of hydrogen-bond donors (Lipinski definition) is 0. The Labute approximate surface area is 399 Å². The molecular formula is C66H43N3. The molecule has 16 rings (SSSR count). The van der Waals surface area contributed by atoms with Crippen molar-refractivity contribution in [1.29, 1.82) is 0 Å². The molecule has 0 unspecified atom stereocenters. The maximum absolute atomic E-state index is 5.00. The average Bonchev–Trinajstić information content (AvgIpc) is 3.94. The minimum Gasteiger partial charge on any atom is -0.309 e. The Balaban J connectivity index is 1.05. The predicted molar refractivity (Wildman–Crippen MR) is 284 cm³/mol. The fraction of sp³-hybridized carbons (Fsp3) is 0.0455. The van der Waals surface area contributed by atoms with Gasteiger partial charge in [0, 0.05) is 44.0 Å². The molecule has 0 radical (unpaired) electrons. The summed E-state index contributed by atoms with van der Waals surface area (Å²) >= 11 is 0. The van der Waals surface area contributed by atoms with E-state index in [2.05, 4.69) is 259 Å². The van der Waals surface area contributed by atoms with Crippen LogP contribution in [0.5, 0.6) is 0 Å². The summed E-state index contributed by atoms with van der Waals surface area (Å²) in [6.45, 7) is 2.07. The summed E-state index contributed by atoms with van der Waals surface area (Å²) in [7, 11) is 0. The lowest BCUT2D eigenvalue weighted by molar-refractivity contribution is 0.557. The summed E-state index contributed by atoms with van der Waals surface area (Å²) in [6, 6.07) is 91.2. The van der Waals surface area contributed by atoms with E-state index in [0.717, 1.165) is 33.5 Å². The van der Waals surface area contributed by atoms with Gasteiger partial charge in [-0.25, -0.2) is 0 Å². The molecule has 10 aromatic carbocycles. The summed E-state index contributed by atoms with van der Waals surface area (Å²) in [5.41, 5.74) is 20.5. The molecule has 0 saturated carbocycles. The number of aromatic nitrogens is 3. The maximum atomic E-state index is 5.00. The van der Waals surface area contributed by atoms with Crippen LogP contribution >= 0.6 is 0 Å². The predicted octanol–water partition coefficient (Wildman–Crippen LogP) is 15.8. The molecule has 3 aromatic heterocycles. The molecule has 0 saturated heterocycles. The smallest absolute Gasteiger partial charge is 0.0712 e. The Hall–Kier alpha value is -8.79. The first-order valence-electron chi connectivity index (χ1n) is 24.0.